The van der Waals surface area contributed by atoms with Crippen LogP contribution >= 0.6 is 0 Å². The third kappa shape index (κ3) is 3.13. The van der Waals surface area contributed by atoms with Gasteiger partial charge in [0.1, 0.15) is 5.75 Å². The molecule has 0 unspecified atom stereocenters. The van der Waals surface area contributed by atoms with Crippen molar-refractivity contribution in [3.63, 3.8) is 0 Å². The minimum absolute atomic E-state index is 0.527. The molecule has 0 aliphatic heterocycles. The Kier molecular flexibility index (Phi) is 4.13. The van der Waals surface area contributed by atoms with Crippen molar-refractivity contribution in [2.75, 3.05) is 6.54 Å². The van der Waals surface area contributed by atoms with Gasteiger partial charge in [0.25, 0.3) is 0 Å². The monoisotopic (exact) mass is 302 g/mol. The summed E-state index contributed by atoms with van der Waals surface area (Å²) in [4.78, 5) is 4.06. The normalized spacial score (nSPS) is 16.3. The molecular formula is C16H22N4O2. The zero-order valence-corrected chi connectivity index (χ0v) is 13.0. The summed E-state index contributed by atoms with van der Waals surface area (Å²) in [6.07, 6.45) is 6.26. The zero-order valence-electron chi connectivity index (χ0n) is 13.0. The lowest BCUT2D eigenvalue weighted by Gasteiger charge is -2.36. The van der Waals surface area contributed by atoms with Gasteiger partial charge in [0.05, 0.1) is 23.1 Å². The van der Waals surface area contributed by atoms with E-state index >= 15 is 0 Å². The van der Waals surface area contributed by atoms with Gasteiger partial charge in [-0.05, 0) is 38.3 Å². The molecule has 1 aliphatic rings. The number of pyridine rings is 1. The van der Waals surface area contributed by atoms with Crippen molar-refractivity contribution in [2.45, 2.75) is 38.3 Å². The minimum Gasteiger partial charge on any atom is -0.437 e. The summed E-state index contributed by atoms with van der Waals surface area (Å²) in [5, 5.41) is 17.9. The number of aromatic nitrogens is 3. The predicted octanol–water partition coefficient (Wildman–Crippen LogP) is 1.92. The molecule has 0 saturated heterocycles. The van der Waals surface area contributed by atoms with E-state index < -0.39 is 5.60 Å². The number of rotatable bonds is 6. The third-order valence-corrected chi connectivity index (χ3v) is 4.18. The van der Waals surface area contributed by atoms with Crippen LogP contribution in [-0.4, -0.2) is 32.0 Å². The molecule has 0 aromatic carbocycles. The minimum atomic E-state index is -0.527. The van der Waals surface area contributed by atoms with Crippen LogP contribution in [0.3, 0.4) is 0 Å². The summed E-state index contributed by atoms with van der Waals surface area (Å²) >= 11 is 0. The standard InChI is InChI=1S/C16H22N4O2/c1-12-14(10-18-11-16(21)6-4-7-16)15(20(2)19-12)22-13-5-3-8-17-9-13/h3,5,8-9,18,21H,4,6-7,10-11H2,1-2H3. The van der Waals surface area contributed by atoms with Crippen LogP contribution in [0, 0.1) is 6.92 Å². The van der Waals surface area contributed by atoms with Gasteiger partial charge in [-0.2, -0.15) is 5.10 Å². The SMILES string of the molecule is Cc1nn(C)c(Oc2cccnc2)c1CNCC1(O)CCC1. The summed E-state index contributed by atoms with van der Waals surface area (Å²) in [6, 6.07) is 3.70. The van der Waals surface area contributed by atoms with Gasteiger partial charge < -0.3 is 15.2 Å². The van der Waals surface area contributed by atoms with E-state index in [1.165, 1.54) is 0 Å². The number of ether oxygens (including phenoxy) is 1. The Bertz CT molecular complexity index is 635. The van der Waals surface area contributed by atoms with Crippen LogP contribution in [-0.2, 0) is 13.6 Å². The molecule has 0 atom stereocenters. The molecule has 0 spiro atoms. The molecular weight excluding hydrogens is 280 g/mol. The van der Waals surface area contributed by atoms with Crippen molar-refractivity contribution in [1.82, 2.24) is 20.1 Å². The average molecular weight is 302 g/mol. The van der Waals surface area contributed by atoms with Crippen LogP contribution in [0.1, 0.15) is 30.5 Å². The van der Waals surface area contributed by atoms with Gasteiger partial charge in [-0.25, -0.2) is 4.68 Å². The van der Waals surface area contributed by atoms with Crippen LogP contribution in [0.25, 0.3) is 0 Å². The molecule has 2 aromatic rings. The first kappa shape index (κ1) is 15.0. The molecule has 22 heavy (non-hydrogen) atoms. The molecule has 2 aromatic heterocycles. The fourth-order valence-electron chi connectivity index (χ4n) is 2.71. The third-order valence-electron chi connectivity index (χ3n) is 4.18. The van der Waals surface area contributed by atoms with Crippen molar-refractivity contribution in [3.8, 4) is 11.6 Å². The number of nitrogens with zero attached hydrogens (tertiary/aromatic N) is 3. The number of hydrogen-bond acceptors (Lipinski definition) is 5. The van der Waals surface area contributed by atoms with E-state index in [-0.39, 0.29) is 0 Å². The summed E-state index contributed by atoms with van der Waals surface area (Å²) < 4.78 is 7.65. The molecule has 0 bridgehead atoms. The van der Waals surface area contributed by atoms with Crippen molar-refractivity contribution in [2.24, 2.45) is 7.05 Å². The quantitative estimate of drug-likeness (QED) is 0.853. The Balaban J connectivity index is 1.70. The average Bonchev–Trinajstić information content (AvgIpc) is 2.73. The fraction of sp³-hybridized carbons (Fsp3) is 0.500. The van der Waals surface area contributed by atoms with Gasteiger partial charge in [0, 0.05) is 26.3 Å². The Morgan fingerprint density at radius 2 is 2.27 bits per heavy atom. The summed E-state index contributed by atoms with van der Waals surface area (Å²) in [7, 11) is 1.86. The highest BCUT2D eigenvalue weighted by Gasteiger charge is 2.33. The van der Waals surface area contributed by atoms with Gasteiger partial charge in [0.2, 0.25) is 5.88 Å². The zero-order chi connectivity index (χ0) is 15.6. The lowest BCUT2D eigenvalue weighted by molar-refractivity contribution is -0.0315. The van der Waals surface area contributed by atoms with E-state index in [0.29, 0.717) is 24.7 Å². The lowest BCUT2D eigenvalue weighted by Crippen LogP contribution is -2.46. The maximum atomic E-state index is 10.1. The first-order valence-corrected chi connectivity index (χ1v) is 7.61. The molecule has 2 N–H and O–H groups in total. The van der Waals surface area contributed by atoms with E-state index in [0.717, 1.165) is 30.5 Å². The molecule has 6 heteroatoms. The number of aryl methyl sites for hydroxylation is 2. The number of hydrogen-bond donors (Lipinski definition) is 2. The maximum Gasteiger partial charge on any atom is 0.222 e. The Morgan fingerprint density at radius 1 is 1.45 bits per heavy atom. The van der Waals surface area contributed by atoms with Gasteiger partial charge >= 0.3 is 0 Å². The summed E-state index contributed by atoms with van der Waals surface area (Å²) in [5.74, 6) is 1.39. The van der Waals surface area contributed by atoms with Crippen LogP contribution in [0.4, 0.5) is 0 Å². The first-order chi connectivity index (χ1) is 10.6. The van der Waals surface area contributed by atoms with Crippen molar-refractivity contribution >= 4 is 0 Å². The summed E-state index contributed by atoms with van der Waals surface area (Å²) in [6.45, 7) is 3.19. The molecule has 2 heterocycles. The predicted molar refractivity (Wildman–Crippen MR) is 82.8 cm³/mol. The molecule has 0 radical (unpaired) electrons. The summed E-state index contributed by atoms with van der Waals surface area (Å²) in [5.41, 5.74) is 1.41. The van der Waals surface area contributed by atoms with Crippen LogP contribution in [0.2, 0.25) is 0 Å². The van der Waals surface area contributed by atoms with Gasteiger partial charge in [-0.1, -0.05) is 0 Å². The smallest absolute Gasteiger partial charge is 0.222 e. The molecule has 1 saturated carbocycles. The Morgan fingerprint density at radius 3 is 2.91 bits per heavy atom. The van der Waals surface area contributed by atoms with Gasteiger partial charge in [-0.3, -0.25) is 4.98 Å². The second-order valence-electron chi connectivity index (χ2n) is 5.96. The van der Waals surface area contributed by atoms with Crippen molar-refractivity contribution in [3.05, 3.63) is 35.8 Å². The van der Waals surface area contributed by atoms with Gasteiger partial charge in [-0.15, -0.1) is 0 Å². The highest BCUT2D eigenvalue weighted by molar-refractivity contribution is 5.34. The Hall–Kier alpha value is -1.92. The number of nitrogens with one attached hydrogen (secondary N) is 1. The second kappa shape index (κ2) is 6.06. The lowest BCUT2D eigenvalue weighted by atomic mass is 9.80. The largest absolute Gasteiger partial charge is 0.437 e. The molecule has 1 aliphatic carbocycles. The van der Waals surface area contributed by atoms with E-state index in [2.05, 4.69) is 15.4 Å². The van der Waals surface area contributed by atoms with E-state index in [4.69, 9.17) is 4.74 Å². The Labute approximate surface area is 130 Å². The van der Waals surface area contributed by atoms with Crippen molar-refractivity contribution in [1.29, 1.82) is 0 Å². The molecule has 118 valence electrons. The molecule has 6 nitrogen and oxygen atoms in total. The topological polar surface area (TPSA) is 72.2 Å². The van der Waals surface area contributed by atoms with E-state index in [9.17, 15) is 5.11 Å². The van der Waals surface area contributed by atoms with Gasteiger partial charge in [0.15, 0.2) is 0 Å². The maximum absolute atomic E-state index is 10.1. The first-order valence-electron chi connectivity index (χ1n) is 7.61. The van der Waals surface area contributed by atoms with E-state index in [1.807, 2.05) is 26.1 Å². The highest BCUT2D eigenvalue weighted by Crippen LogP contribution is 2.31. The van der Waals surface area contributed by atoms with E-state index in [1.54, 1.807) is 17.1 Å². The van der Waals surface area contributed by atoms with Crippen LogP contribution in [0.5, 0.6) is 11.6 Å². The van der Waals surface area contributed by atoms with Crippen LogP contribution < -0.4 is 10.1 Å². The number of aliphatic hydroxyl groups is 1. The fourth-order valence-corrected chi connectivity index (χ4v) is 2.71. The second-order valence-corrected chi connectivity index (χ2v) is 5.96. The molecule has 1 fully saturated rings. The highest BCUT2D eigenvalue weighted by atomic mass is 16.5. The molecule has 0 amide bonds. The van der Waals surface area contributed by atoms with Crippen LogP contribution in [0.15, 0.2) is 24.5 Å². The van der Waals surface area contributed by atoms with Crippen molar-refractivity contribution < 1.29 is 9.84 Å². The molecule has 3 rings (SSSR count).